The number of esters is 1. The van der Waals surface area contributed by atoms with Gasteiger partial charge in [0.1, 0.15) is 6.54 Å². The molecule has 0 spiro atoms. The zero-order valence-electron chi connectivity index (χ0n) is 16.0. The van der Waals surface area contributed by atoms with Crippen molar-refractivity contribution in [3.63, 3.8) is 0 Å². The van der Waals surface area contributed by atoms with Crippen LogP contribution in [0, 0.1) is 35.5 Å². The Bertz CT molecular complexity index is 901. The molecule has 1 aromatic carbocycles. The van der Waals surface area contributed by atoms with Gasteiger partial charge in [0.15, 0.2) is 0 Å². The van der Waals surface area contributed by atoms with E-state index in [-0.39, 0.29) is 48.6 Å². The molecule has 2 bridgehead atoms. The second kappa shape index (κ2) is 6.54. The van der Waals surface area contributed by atoms with E-state index in [4.69, 9.17) is 4.74 Å². The number of anilines is 1. The highest BCUT2D eigenvalue weighted by Crippen LogP contribution is 2.65. The third-order valence-electron chi connectivity index (χ3n) is 6.74. The minimum absolute atomic E-state index is 0.148. The predicted octanol–water partition coefficient (Wildman–Crippen LogP) is 1.85. The smallest absolute Gasteiger partial charge is 0.338 e. The van der Waals surface area contributed by atoms with Crippen LogP contribution >= 0.6 is 0 Å². The lowest BCUT2D eigenvalue weighted by molar-refractivity contribution is -0.142. The summed E-state index contributed by atoms with van der Waals surface area (Å²) in [4.78, 5) is 51.1. The minimum atomic E-state index is -0.431. The Morgan fingerprint density at radius 3 is 2.17 bits per heavy atom. The van der Waals surface area contributed by atoms with Gasteiger partial charge in [0.25, 0.3) is 0 Å². The molecule has 4 aliphatic carbocycles. The molecule has 1 aromatic rings. The van der Waals surface area contributed by atoms with Crippen LogP contribution in [-0.4, -0.2) is 41.7 Å². The maximum absolute atomic E-state index is 12.9. The first kappa shape index (κ1) is 18.1. The Morgan fingerprint density at radius 2 is 1.62 bits per heavy atom. The standard InChI is InChI=1S/C22H22N2O5/c1-2-29-22(28)11-3-5-12(6-4-11)23-17(25)10-24-20(26)18-13-7-8-14(16-9-15(13)16)19(18)21(24)27/h3-8,13-16,18-19H,2,9-10H2,1H3,(H,23,25)/t13-,14+,15-,16+,18+,19-. The maximum atomic E-state index is 12.9. The van der Waals surface area contributed by atoms with Crippen molar-refractivity contribution in [1.82, 2.24) is 4.90 Å². The summed E-state index contributed by atoms with van der Waals surface area (Å²) in [5, 5.41) is 2.69. The molecule has 0 aromatic heterocycles. The molecule has 2 saturated carbocycles. The molecule has 1 heterocycles. The second-order valence-electron chi connectivity index (χ2n) is 8.26. The largest absolute Gasteiger partial charge is 0.462 e. The molecule has 5 aliphatic rings. The molecule has 29 heavy (non-hydrogen) atoms. The van der Waals surface area contributed by atoms with E-state index in [1.165, 1.54) is 0 Å². The van der Waals surface area contributed by atoms with Crippen LogP contribution in [0.15, 0.2) is 36.4 Å². The van der Waals surface area contributed by atoms with Gasteiger partial charge >= 0.3 is 5.97 Å². The number of rotatable bonds is 5. The number of likely N-dealkylation sites (tertiary alicyclic amines) is 1. The Balaban J connectivity index is 1.24. The van der Waals surface area contributed by atoms with Gasteiger partial charge in [-0.25, -0.2) is 4.79 Å². The first-order valence-electron chi connectivity index (χ1n) is 10.1. The fraction of sp³-hybridized carbons (Fsp3) is 0.455. The van der Waals surface area contributed by atoms with Gasteiger partial charge in [0.2, 0.25) is 17.7 Å². The summed E-state index contributed by atoms with van der Waals surface area (Å²) in [7, 11) is 0. The fourth-order valence-electron chi connectivity index (χ4n) is 5.42. The Labute approximate surface area is 168 Å². The third kappa shape index (κ3) is 2.79. The van der Waals surface area contributed by atoms with Gasteiger partial charge in [-0.15, -0.1) is 0 Å². The van der Waals surface area contributed by atoms with Crippen LogP contribution in [0.25, 0.3) is 0 Å². The van der Waals surface area contributed by atoms with Gasteiger partial charge in [0.05, 0.1) is 24.0 Å². The van der Waals surface area contributed by atoms with Crippen molar-refractivity contribution >= 4 is 29.4 Å². The van der Waals surface area contributed by atoms with Crippen molar-refractivity contribution in [1.29, 1.82) is 0 Å². The Kier molecular flexibility index (Phi) is 4.08. The number of amides is 3. The Hall–Kier alpha value is -2.96. The van der Waals surface area contributed by atoms with Crippen LogP contribution < -0.4 is 5.32 Å². The minimum Gasteiger partial charge on any atom is -0.462 e. The second-order valence-corrected chi connectivity index (χ2v) is 8.26. The highest BCUT2D eigenvalue weighted by Gasteiger charge is 2.67. The molecule has 6 atom stereocenters. The SMILES string of the molecule is CCOC(=O)c1ccc(NC(=O)CN2C(=O)[C@@H]3[C@H]4C=C[C@H]([C@H]5C[C@@H]45)[C@@H]3C2=O)cc1. The lowest BCUT2D eigenvalue weighted by Gasteiger charge is -2.37. The van der Waals surface area contributed by atoms with E-state index in [1.807, 2.05) is 0 Å². The molecule has 3 fully saturated rings. The van der Waals surface area contributed by atoms with Crippen LogP contribution in [-0.2, 0) is 19.1 Å². The normalized spacial score (nSPS) is 33.3. The van der Waals surface area contributed by atoms with E-state index in [0.717, 1.165) is 11.3 Å². The number of carbonyl (C=O) groups is 4. The lowest BCUT2D eigenvalue weighted by Crippen LogP contribution is -2.40. The number of benzene rings is 1. The van der Waals surface area contributed by atoms with Crippen LogP contribution in [0.2, 0.25) is 0 Å². The van der Waals surface area contributed by atoms with Crippen LogP contribution in [0.4, 0.5) is 5.69 Å². The topological polar surface area (TPSA) is 92.8 Å². The van der Waals surface area contributed by atoms with Gasteiger partial charge in [-0.3, -0.25) is 19.3 Å². The number of imide groups is 1. The number of hydrogen-bond donors (Lipinski definition) is 1. The number of allylic oxidation sites excluding steroid dienone is 2. The number of carbonyl (C=O) groups excluding carboxylic acids is 4. The van der Waals surface area contributed by atoms with Gasteiger partial charge in [-0.1, -0.05) is 12.2 Å². The molecule has 7 heteroatoms. The summed E-state index contributed by atoms with van der Waals surface area (Å²) in [6, 6.07) is 6.30. The van der Waals surface area contributed by atoms with Crippen molar-refractivity contribution < 1.29 is 23.9 Å². The third-order valence-corrected chi connectivity index (χ3v) is 6.74. The molecule has 150 valence electrons. The molecule has 7 nitrogen and oxygen atoms in total. The van der Waals surface area contributed by atoms with Crippen LogP contribution in [0.1, 0.15) is 23.7 Å². The molecular weight excluding hydrogens is 372 g/mol. The highest BCUT2D eigenvalue weighted by atomic mass is 16.5. The molecule has 1 aliphatic heterocycles. The van der Waals surface area contributed by atoms with Crippen molar-refractivity contribution in [2.75, 3.05) is 18.5 Å². The lowest BCUT2D eigenvalue weighted by atomic mass is 9.63. The number of hydrogen-bond acceptors (Lipinski definition) is 5. The first-order valence-corrected chi connectivity index (χ1v) is 10.1. The van der Waals surface area contributed by atoms with E-state index >= 15 is 0 Å². The zero-order valence-corrected chi connectivity index (χ0v) is 16.0. The van der Waals surface area contributed by atoms with Gasteiger partial charge in [-0.2, -0.15) is 0 Å². The van der Waals surface area contributed by atoms with Crippen molar-refractivity contribution in [3.05, 3.63) is 42.0 Å². The van der Waals surface area contributed by atoms with Crippen molar-refractivity contribution in [2.24, 2.45) is 35.5 Å². The van der Waals surface area contributed by atoms with E-state index in [9.17, 15) is 19.2 Å². The quantitative estimate of drug-likeness (QED) is 0.467. The van der Waals surface area contributed by atoms with Crippen molar-refractivity contribution in [2.45, 2.75) is 13.3 Å². The summed E-state index contributed by atoms with van der Waals surface area (Å²) in [6.07, 6.45) is 5.33. The summed E-state index contributed by atoms with van der Waals surface area (Å²) in [5.41, 5.74) is 0.878. The molecule has 0 radical (unpaired) electrons. The molecule has 1 saturated heterocycles. The summed E-state index contributed by atoms with van der Waals surface area (Å²) < 4.78 is 4.93. The number of nitrogens with zero attached hydrogens (tertiary/aromatic N) is 1. The average Bonchev–Trinajstić information content (AvgIpc) is 3.50. The molecular formula is C22H22N2O5. The van der Waals surface area contributed by atoms with E-state index in [1.54, 1.807) is 31.2 Å². The zero-order chi connectivity index (χ0) is 20.3. The van der Waals surface area contributed by atoms with E-state index in [2.05, 4.69) is 17.5 Å². The maximum Gasteiger partial charge on any atom is 0.338 e. The molecule has 6 rings (SSSR count). The average molecular weight is 394 g/mol. The van der Waals surface area contributed by atoms with Crippen LogP contribution in [0.5, 0.6) is 0 Å². The number of ether oxygens (including phenoxy) is 1. The molecule has 0 unspecified atom stereocenters. The highest BCUT2D eigenvalue weighted by molar-refractivity contribution is 6.09. The molecule has 1 N–H and O–H groups in total. The van der Waals surface area contributed by atoms with E-state index in [0.29, 0.717) is 23.1 Å². The van der Waals surface area contributed by atoms with Gasteiger partial charge in [-0.05, 0) is 61.3 Å². The Morgan fingerprint density at radius 1 is 1.03 bits per heavy atom. The summed E-state index contributed by atoms with van der Waals surface area (Å²) in [6.45, 7) is 1.74. The van der Waals surface area contributed by atoms with Crippen LogP contribution in [0.3, 0.4) is 0 Å². The fourth-order valence-corrected chi connectivity index (χ4v) is 5.42. The number of nitrogens with one attached hydrogen (secondary N) is 1. The predicted molar refractivity (Wildman–Crippen MR) is 102 cm³/mol. The monoisotopic (exact) mass is 394 g/mol. The van der Waals surface area contributed by atoms with Crippen molar-refractivity contribution in [3.8, 4) is 0 Å². The van der Waals surface area contributed by atoms with Gasteiger partial charge in [0, 0.05) is 5.69 Å². The van der Waals surface area contributed by atoms with Gasteiger partial charge < -0.3 is 10.1 Å². The van der Waals surface area contributed by atoms with E-state index < -0.39 is 11.9 Å². The molecule has 3 amide bonds. The summed E-state index contributed by atoms with van der Waals surface area (Å²) in [5.74, 6) is -0.498. The summed E-state index contributed by atoms with van der Waals surface area (Å²) >= 11 is 0. The first-order chi connectivity index (χ1) is 14.0.